The second kappa shape index (κ2) is 12.5. The number of aliphatic hydroxyl groups excluding tert-OH is 1. The molecule has 4 fully saturated rings. The van der Waals surface area contributed by atoms with Gasteiger partial charge in [0.25, 0.3) is 11.5 Å². The Morgan fingerprint density at radius 2 is 1.86 bits per heavy atom. The van der Waals surface area contributed by atoms with Gasteiger partial charge in [-0.15, -0.1) is 0 Å². The Kier molecular flexibility index (Phi) is 8.91. The Hall–Kier alpha value is -4.07. The first-order chi connectivity index (χ1) is 20.9. The van der Waals surface area contributed by atoms with Crippen molar-refractivity contribution in [1.82, 2.24) is 30.1 Å². The summed E-state index contributed by atoms with van der Waals surface area (Å²) in [6.45, 7) is 1.71. The maximum atomic E-state index is 15.4. The largest absolute Gasteiger partial charge is 0.383 e. The van der Waals surface area contributed by atoms with Gasteiger partial charge in [-0.05, 0) is 75.8 Å². The summed E-state index contributed by atoms with van der Waals surface area (Å²) in [6, 6.07) is 1.67. The van der Waals surface area contributed by atoms with Gasteiger partial charge in [0.15, 0.2) is 0 Å². The zero-order chi connectivity index (χ0) is 31.6. The highest BCUT2D eigenvalue weighted by atomic mass is 19.1. The molecule has 14 heteroatoms. The van der Waals surface area contributed by atoms with Crippen molar-refractivity contribution in [1.29, 1.82) is 0 Å². The molecule has 0 aliphatic heterocycles. The molecule has 0 spiro atoms. The number of hydrogen-bond acceptors (Lipinski definition) is 7. The maximum Gasteiger partial charge on any atom is 0.274 e. The number of carbonyl (C=O) groups is 4. The molecule has 44 heavy (non-hydrogen) atoms. The van der Waals surface area contributed by atoms with E-state index in [0.717, 1.165) is 19.3 Å². The van der Waals surface area contributed by atoms with Crippen LogP contribution in [0.25, 0.3) is 0 Å². The average Bonchev–Trinajstić information content (AvgIpc) is 3.37. The number of aromatic nitrogens is 3. The van der Waals surface area contributed by atoms with Gasteiger partial charge in [-0.2, -0.15) is 0 Å². The fraction of sp³-hybridized carbons (Fsp3) is 0.600. The predicted octanol–water partition coefficient (Wildman–Crippen LogP) is 0.773. The summed E-state index contributed by atoms with van der Waals surface area (Å²) in [5.74, 6) is -1.84. The van der Waals surface area contributed by atoms with Crippen molar-refractivity contribution >= 4 is 29.3 Å². The maximum absolute atomic E-state index is 15.4. The molecule has 4 amide bonds. The molecule has 238 valence electrons. The van der Waals surface area contributed by atoms with Crippen molar-refractivity contribution in [3.63, 3.8) is 0 Å². The Morgan fingerprint density at radius 3 is 2.50 bits per heavy atom. The molecule has 5 N–H and O–H groups in total. The molecule has 4 bridgehead atoms. The molecule has 6 rings (SSSR count). The van der Waals surface area contributed by atoms with Crippen LogP contribution >= 0.6 is 0 Å². The molecule has 3 unspecified atom stereocenters. The monoisotopic (exact) mass is 613 g/mol. The molecule has 4 atom stereocenters. The number of likely N-dealkylation sites (N-methyl/N-ethyl adjacent to an activating group) is 1. The number of amides is 4. The van der Waals surface area contributed by atoms with Crippen molar-refractivity contribution in [2.45, 2.75) is 88.2 Å². The van der Waals surface area contributed by atoms with E-state index in [2.05, 4.69) is 26.3 Å². The van der Waals surface area contributed by atoms with Crippen molar-refractivity contribution in [2.24, 2.45) is 18.9 Å². The minimum atomic E-state index is -1.41. The van der Waals surface area contributed by atoms with Gasteiger partial charge in [0, 0.05) is 31.7 Å². The van der Waals surface area contributed by atoms with Crippen molar-refractivity contribution in [3.05, 3.63) is 46.9 Å². The van der Waals surface area contributed by atoms with Gasteiger partial charge < -0.3 is 35.5 Å². The molecule has 0 aromatic carbocycles. The Balaban J connectivity index is 1.26. The summed E-state index contributed by atoms with van der Waals surface area (Å²) in [5.41, 5.74) is -2.41. The summed E-state index contributed by atoms with van der Waals surface area (Å²) in [6.07, 6.45) is 6.40. The van der Waals surface area contributed by atoms with Gasteiger partial charge in [0.1, 0.15) is 35.7 Å². The van der Waals surface area contributed by atoms with Gasteiger partial charge in [0.2, 0.25) is 17.7 Å². The fourth-order valence-electron chi connectivity index (χ4n) is 7.59. The first kappa shape index (κ1) is 31.4. The Morgan fingerprint density at radius 1 is 1.14 bits per heavy atom. The van der Waals surface area contributed by atoms with E-state index in [0.29, 0.717) is 25.8 Å². The van der Waals surface area contributed by atoms with E-state index in [1.807, 2.05) is 0 Å². The third-order valence-corrected chi connectivity index (χ3v) is 9.04. The second-order valence-electron chi connectivity index (χ2n) is 12.7. The number of alkyl halides is 1. The van der Waals surface area contributed by atoms with E-state index in [1.54, 1.807) is 14.0 Å². The third-order valence-electron chi connectivity index (χ3n) is 9.04. The van der Waals surface area contributed by atoms with Gasteiger partial charge in [0.05, 0.1) is 12.5 Å². The van der Waals surface area contributed by atoms with Crippen LogP contribution in [0.2, 0.25) is 0 Å². The van der Waals surface area contributed by atoms with Gasteiger partial charge in [-0.3, -0.25) is 24.0 Å². The lowest BCUT2D eigenvalue weighted by atomic mass is 9.51. The number of rotatable bonds is 12. The minimum absolute atomic E-state index is 0.114. The first-order valence-corrected chi connectivity index (χ1v) is 15.1. The number of anilines is 1. The van der Waals surface area contributed by atoms with Crippen LogP contribution in [0, 0.1) is 11.8 Å². The van der Waals surface area contributed by atoms with Crippen LogP contribution in [0.15, 0.2) is 35.6 Å². The summed E-state index contributed by atoms with van der Waals surface area (Å²) in [4.78, 5) is 68.5. The van der Waals surface area contributed by atoms with Crippen LogP contribution in [0.5, 0.6) is 0 Å². The fourth-order valence-corrected chi connectivity index (χ4v) is 7.59. The van der Waals surface area contributed by atoms with Crippen LogP contribution < -0.4 is 26.8 Å². The quantitative estimate of drug-likeness (QED) is 0.235. The van der Waals surface area contributed by atoms with Gasteiger partial charge in [-0.25, -0.2) is 9.37 Å². The molecule has 2 aromatic heterocycles. The van der Waals surface area contributed by atoms with Gasteiger partial charge >= 0.3 is 0 Å². The molecule has 4 saturated carbocycles. The smallest absolute Gasteiger partial charge is 0.274 e. The topological polar surface area (TPSA) is 176 Å². The molecule has 0 radical (unpaired) electrons. The average molecular weight is 614 g/mol. The second-order valence-corrected chi connectivity index (χ2v) is 12.7. The number of aryl methyl sites for hydroxylation is 1. The number of hydrogen-bond donors (Lipinski definition) is 5. The highest BCUT2D eigenvalue weighted by Gasteiger charge is 2.58. The van der Waals surface area contributed by atoms with Crippen LogP contribution in [0.4, 0.5) is 10.1 Å². The Bertz CT molecular complexity index is 1470. The van der Waals surface area contributed by atoms with Crippen LogP contribution in [-0.2, 0) is 28.0 Å². The molecule has 4 aliphatic rings. The lowest BCUT2D eigenvalue weighted by Crippen LogP contribution is -2.64. The number of imidazole rings is 1. The summed E-state index contributed by atoms with van der Waals surface area (Å²) in [7, 11) is 1.61. The van der Waals surface area contributed by atoms with Crippen LogP contribution in [0.3, 0.4) is 0 Å². The highest BCUT2D eigenvalue weighted by Crippen LogP contribution is 2.59. The zero-order valence-electron chi connectivity index (χ0n) is 25.0. The number of carbonyl (C=O) groups excluding carboxylic acids is 4. The molecule has 2 aromatic rings. The van der Waals surface area contributed by atoms with E-state index >= 15 is 4.39 Å². The third kappa shape index (κ3) is 6.85. The van der Waals surface area contributed by atoms with Crippen LogP contribution in [-0.4, -0.2) is 72.8 Å². The number of nitrogens with one attached hydrogen (secondary N) is 4. The molecule has 2 heterocycles. The number of nitrogens with zero attached hydrogens (tertiary/aromatic N) is 3. The van der Waals surface area contributed by atoms with E-state index in [9.17, 15) is 29.1 Å². The standard InChI is InChI=1S/C30H40FN7O6/c1-3-33-27(43)23(39)7-6-20(34-26(42)22-14-32-17-37(22)2)25(41)35-21-5-4-8-38(28(21)44)15-24(40)36-30-12-18-9-19(13-30)11-29(31,10-18)16-30/h4-5,8,14,17-20,23,39H,3,6-7,9-13,15-16H2,1-2H3,(H,33,43)(H,34,42)(H,35,41)(H,36,40)/t18?,19?,20-,23?,29?,30?/m0/s1. The number of pyridine rings is 1. The van der Waals surface area contributed by atoms with E-state index in [1.165, 1.54) is 40.0 Å². The SMILES string of the molecule is CCNC(=O)C(O)CC[C@H](NC(=O)c1cncn1C)C(=O)Nc1cccn(CC(=O)NC23CC4CC(CC(F)(C4)C2)C3)c1=O. The normalized spacial score (nSPS) is 26.5. The van der Waals surface area contributed by atoms with Crippen molar-refractivity contribution in [3.8, 4) is 0 Å². The van der Waals surface area contributed by atoms with E-state index in [-0.39, 0.29) is 42.6 Å². The molecular weight excluding hydrogens is 573 g/mol. The number of halogens is 1. The zero-order valence-corrected chi connectivity index (χ0v) is 25.0. The molecule has 0 saturated heterocycles. The Labute approximate surface area is 254 Å². The molecule has 4 aliphatic carbocycles. The van der Waals surface area contributed by atoms with E-state index < -0.39 is 52.5 Å². The highest BCUT2D eigenvalue weighted by molar-refractivity contribution is 6.00. The summed E-state index contributed by atoms with van der Waals surface area (Å²) in [5, 5.41) is 20.9. The summed E-state index contributed by atoms with van der Waals surface area (Å²) >= 11 is 0. The van der Waals surface area contributed by atoms with Crippen molar-refractivity contribution < 1.29 is 28.7 Å². The molecular formula is C30H40FN7O6. The minimum Gasteiger partial charge on any atom is -0.383 e. The summed E-state index contributed by atoms with van der Waals surface area (Å²) < 4.78 is 18.0. The predicted molar refractivity (Wildman–Crippen MR) is 157 cm³/mol. The lowest BCUT2D eigenvalue weighted by molar-refractivity contribution is -0.133. The first-order valence-electron chi connectivity index (χ1n) is 15.1. The number of aliphatic hydroxyl groups is 1. The van der Waals surface area contributed by atoms with Crippen LogP contribution in [0.1, 0.15) is 68.8 Å². The molecule has 13 nitrogen and oxygen atoms in total. The van der Waals surface area contributed by atoms with Crippen molar-refractivity contribution in [2.75, 3.05) is 11.9 Å². The van der Waals surface area contributed by atoms with E-state index in [4.69, 9.17) is 0 Å². The van der Waals surface area contributed by atoms with Gasteiger partial charge in [-0.1, -0.05) is 0 Å². The lowest BCUT2D eigenvalue weighted by Gasteiger charge is -2.59.